The fourth-order valence-electron chi connectivity index (χ4n) is 4.95. The summed E-state index contributed by atoms with van der Waals surface area (Å²) in [5, 5.41) is 8.15. The van der Waals surface area contributed by atoms with E-state index < -0.39 is 36.0 Å². The standard InChI is InChI=1S/C30H40N4O6/c1-20(2)26(34-30(39)40-19-22-12-7-4-8-13-22)29(38)33-25(16-21-10-5-3-6-11-21)28(37)32-24(18-35)17-23-14-9-15-31-27(23)36/h4,7-9,12-15,18,20-21,24-26H,3,5-6,10-11,16-17,19H2,1-2H3,(H,31,36)(H,32,37)(H,33,38)(H,34,39)/t24-,25-,26-/m0/s1. The van der Waals surface area contributed by atoms with Crippen LogP contribution in [0.4, 0.5) is 4.79 Å². The number of benzene rings is 1. The topological polar surface area (TPSA) is 146 Å². The van der Waals surface area contributed by atoms with E-state index in [9.17, 15) is 24.0 Å². The highest BCUT2D eigenvalue weighted by molar-refractivity contribution is 5.92. The number of nitrogens with one attached hydrogen (secondary N) is 4. The number of pyridine rings is 1. The van der Waals surface area contributed by atoms with Crippen molar-refractivity contribution < 1.29 is 23.9 Å². The predicted octanol–water partition coefficient (Wildman–Crippen LogP) is 3.01. The zero-order valence-electron chi connectivity index (χ0n) is 23.2. The second-order valence-corrected chi connectivity index (χ2v) is 10.7. The SMILES string of the molecule is CC(C)[C@H](NC(=O)OCc1ccccc1)C(=O)N[C@@H](CC1CCCCC1)C(=O)N[C@H](C=O)Cc1ccc[nH]c1=O. The lowest BCUT2D eigenvalue weighted by molar-refractivity contribution is -0.131. The number of ether oxygens (including phenoxy) is 1. The molecule has 0 unspecified atom stereocenters. The molecular formula is C30H40N4O6. The molecule has 3 atom stereocenters. The summed E-state index contributed by atoms with van der Waals surface area (Å²) in [5.74, 6) is -1.05. The molecule has 1 aliphatic rings. The van der Waals surface area contributed by atoms with Gasteiger partial charge in [0, 0.05) is 18.2 Å². The minimum Gasteiger partial charge on any atom is -0.445 e. The fraction of sp³-hybridized carbons (Fsp3) is 0.500. The van der Waals surface area contributed by atoms with Crippen LogP contribution in [0.3, 0.4) is 0 Å². The molecule has 0 aliphatic heterocycles. The van der Waals surface area contributed by atoms with Crippen LogP contribution >= 0.6 is 0 Å². The van der Waals surface area contributed by atoms with E-state index in [4.69, 9.17) is 4.74 Å². The largest absolute Gasteiger partial charge is 0.445 e. The lowest BCUT2D eigenvalue weighted by Gasteiger charge is -2.29. The van der Waals surface area contributed by atoms with Gasteiger partial charge in [0.2, 0.25) is 11.8 Å². The van der Waals surface area contributed by atoms with E-state index in [1.165, 1.54) is 6.20 Å². The van der Waals surface area contributed by atoms with Crippen molar-refractivity contribution in [2.75, 3.05) is 0 Å². The van der Waals surface area contributed by atoms with Crippen LogP contribution < -0.4 is 21.5 Å². The first-order chi connectivity index (χ1) is 19.3. The van der Waals surface area contributed by atoms with Gasteiger partial charge in [0.05, 0.1) is 6.04 Å². The van der Waals surface area contributed by atoms with E-state index in [2.05, 4.69) is 20.9 Å². The van der Waals surface area contributed by atoms with Crippen LogP contribution in [-0.4, -0.2) is 47.3 Å². The van der Waals surface area contributed by atoms with Crippen LogP contribution in [0.15, 0.2) is 53.5 Å². The van der Waals surface area contributed by atoms with Gasteiger partial charge in [0.1, 0.15) is 25.0 Å². The van der Waals surface area contributed by atoms with E-state index >= 15 is 0 Å². The van der Waals surface area contributed by atoms with Gasteiger partial charge in [-0.2, -0.15) is 0 Å². The van der Waals surface area contributed by atoms with Crippen molar-refractivity contribution in [1.29, 1.82) is 0 Å². The summed E-state index contributed by atoms with van der Waals surface area (Å²) < 4.78 is 5.29. The first-order valence-corrected chi connectivity index (χ1v) is 14.0. The zero-order valence-corrected chi connectivity index (χ0v) is 23.2. The second kappa shape index (κ2) is 15.6. The van der Waals surface area contributed by atoms with Crippen molar-refractivity contribution in [2.45, 2.75) is 83.5 Å². The number of aromatic amines is 1. The average molecular weight is 553 g/mol. The van der Waals surface area contributed by atoms with Crippen LogP contribution in [0.2, 0.25) is 0 Å². The fourth-order valence-corrected chi connectivity index (χ4v) is 4.95. The maximum absolute atomic E-state index is 13.4. The lowest BCUT2D eigenvalue weighted by atomic mass is 9.84. The smallest absolute Gasteiger partial charge is 0.408 e. The highest BCUT2D eigenvalue weighted by atomic mass is 16.5. The first-order valence-electron chi connectivity index (χ1n) is 14.0. The molecule has 216 valence electrons. The van der Waals surface area contributed by atoms with E-state index in [-0.39, 0.29) is 30.4 Å². The van der Waals surface area contributed by atoms with Gasteiger partial charge in [-0.1, -0.05) is 82.3 Å². The minimum atomic E-state index is -0.936. The normalized spacial score (nSPS) is 15.9. The zero-order chi connectivity index (χ0) is 28.9. The Morgan fingerprint density at radius 1 is 0.975 bits per heavy atom. The first kappa shape index (κ1) is 30.6. The molecule has 2 aromatic rings. The Hall–Kier alpha value is -3.95. The summed E-state index contributed by atoms with van der Waals surface area (Å²) in [6.07, 6.45) is 6.95. The van der Waals surface area contributed by atoms with Crippen molar-refractivity contribution in [3.63, 3.8) is 0 Å². The molecule has 10 heteroatoms. The van der Waals surface area contributed by atoms with Crippen molar-refractivity contribution >= 4 is 24.2 Å². The highest BCUT2D eigenvalue weighted by Crippen LogP contribution is 2.27. The Kier molecular flexibility index (Phi) is 11.9. The van der Waals surface area contributed by atoms with E-state index in [0.717, 1.165) is 37.7 Å². The molecule has 0 spiro atoms. The van der Waals surface area contributed by atoms with Gasteiger partial charge in [-0.3, -0.25) is 14.4 Å². The molecule has 40 heavy (non-hydrogen) atoms. The van der Waals surface area contributed by atoms with Crippen LogP contribution in [0.1, 0.15) is 63.5 Å². The van der Waals surface area contributed by atoms with Crippen molar-refractivity contribution in [3.05, 3.63) is 70.1 Å². The predicted molar refractivity (Wildman–Crippen MR) is 150 cm³/mol. The monoisotopic (exact) mass is 552 g/mol. The molecule has 0 saturated heterocycles. The second-order valence-electron chi connectivity index (χ2n) is 10.7. The van der Waals surface area contributed by atoms with Crippen molar-refractivity contribution in [3.8, 4) is 0 Å². The minimum absolute atomic E-state index is 0.0267. The lowest BCUT2D eigenvalue weighted by Crippen LogP contribution is -2.57. The molecule has 1 heterocycles. The number of amides is 3. The van der Waals surface area contributed by atoms with Crippen molar-refractivity contribution in [2.24, 2.45) is 11.8 Å². The summed E-state index contributed by atoms with van der Waals surface area (Å²) in [4.78, 5) is 65.7. The van der Waals surface area contributed by atoms with Gasteiger partial charge >= 0.3 is 6.09 Å². The molecule has 1 aromatic carbocycles. The van der Waals surface area contributed by atoms with E-state index in [1.807, 2.05) is 30.3 Å². The molecule has 0 radical (unpaired) electrons. The number of hydrogen-bond acceptors (Lipinski definition) is 6. The molecule has 10 nitrogen and oxygen atoms in total. The van der Waals surface area contributed by atoms with Gasteiger partial charge in [0.25, 0.3) is 5.56 Å². The Bertz CT molecular complexity index is 1180. The number of carbonyl (C=O) groups excluding carboxylic acids is 4. The number of carbonyl (C=O) groups is 4. The van der Waals surface area contributed by atoms with Crippen LogP contribution in [0.5, 0.6) is 0 Å². The maximum Gasteiger partial charge on any atom is 0.408 e. The maximum atomic E-state index is 13.4. The van der Waals surface area contributed by atoms with Gasteiger partial charge in [-0.15, -0.1) is 0 Å². The summed E-state index contributed by atoms with van der Waals surface area (Å²) in [5.41, 5.74) is 0.848. The van der Waals surface area contributed by atoms with Crippen molar-refractivity contribution in [1.82, 2.24) is 20.9 Å². The quantitative estimate of drug-likeness (QED) is 0.281. The third-order valence-electron chi connectivity index (χ3n) is 7.19. The molecule has 0 bridgehead atoms. The molecule has 3 amide bonds. The highest BCUT2D eigenvalue weighted by Gasteiger charge is 2.32. The number of aromatic nitrogens is 1. The molecule has 1 saturated carbocycles. The van der Waals surface area contributed by atoms with Gasteiger partial charge in [-0.25, -0.2) is 4.79 Å². The van der Waals surface area contributed by atoms with Crippen LogP contribution in [-0.2, 0) is 32.1 Å². The Labute approximate surface area is 234 Å². The number of hydrogen-bond donors (Lipinski definition) is 4. The van der Waals surface area contributed by atoms with Gasteiger partial charge in [-0.05, 0) is 29.9 Å². The van der Waals surface area contributed by atoms with Crippen LogP contribution in [0, 0.1) is 11.8 Å². The molecule has 1 fully saturated rings. The molecule has 3 rings (SSSR count). The third kappa shape index (κ3) is 9.66. The Morgan fingerprint density at radius 3 is 2.35 bits per heavy atom. The van der Waals surface area contributed by atoms with E-state index in [0.29, 0.717) is 18.3 Å². The summed E-state index contributed by atoms with van der Waals surface area (Å²) in [6.45, 7) is 3.64. The third-order valence-corrected chi connectivity index (χ3v) is 7.19. The average Bonchev–Trinajstić information content (AvgIpc) is 2.96. The number of rotatable bonds is 13. The molecule has 1 aliphatic carbocycles. The number of aldehydes is 1. The van der Waals surface area contributed by atoms with Gasteiger partial charge < -0.3 is 30.5 Å². The number of H-pyrrole nitrogens is 1. The summed E-state index contributed by atoms with van der Waals surface area (Å²) >= 11 is 0. The van der Waals surface area contributed by atoms with Gasteiger partial charge in [0.15, 0.2) is 0 Å². The Morgan fingerprint density at radius 2 is 1.70 bits per heavy atom. The molecule has 1 aromatic heterocycles. The number of alkyl carbamates (subject to hydrolysis) is 1. The van der Waals surface area contributed by atoms with Crippen LogP contribution in [0.25, 0.3) is 0 Å². The summed E-state index contributed by atoms with van der Waals surface area (Å²) in [7, 11) is 0. The molecule has 4 N–H and O–H groups in total. The molecular weight excluding hydrogens is 512 g/mol. The summed E-state index contributed by atoms with van der Waals surface area (Å²) in [6, 6.07) is 9.66. The Balaban J connectivity index is 1.67. The van der Waals surface area contributed by atoms with E-state index in [1.54, 1.807) is 26.0 Å².